The van der Waals surface area contributed by atoms with Crippen molar-refractivity contribution in [2.45, 2.75) is 30.1 Å². The molecule has 0 saturated heterocycles. The molecule has 0 radical (unpaired) electrons. The Morgan fingerprint density at radius 2 is 2.11 bits per heavy atom. The number of nitrogens with two attached hydrogens (primary N) is 1. The van der Waals surface area contributed by atoms with Gasteiger partial charge in [0.15, 0.2) is 5.84 Å². The van der Waals surface area contributed by atoms with E-state index >= 15 is 0 Å². The summed E-state index contributed by atoms with van der Waals surface area (Å²) in [7, 11) is 1.57. The van der Waals surface area contributed by atoms with Crippen molar-refractivity contribution in [2.75, 3.05) is 7.11 Å². The van der Waals surface area contributed by atoms with E-state index in [-0.39, 0.29) is 11.1 Å². The highest BCUT2D eigenvalue weighted by Crippen LogP contribution is 2.31. The lowest BCUT2D eigenvalue weighted by Gasteiger charge is -2.17. The van der Waals surface area contributed by atoms with Crippen molar-refractivity contribution >= 4 is 17.6 Å². The summed E-state index contributed by atoms with van der Waals surface area (Å²) in [5.74, 6) is 0.725. The van der Waals surface area contributed by atoms with Crippen LogP contribution in [0, 0.1) is 0 Å². The van der Waals surface area contributed by atoms with Gasteiger partial charge in [0.1, 0.15) is 5.75 Å². The highest BCUT2D eigenvalue weighted by Gasteiger charge is 2.15. The number of hydrogen-bond donors (Lipinski definition) is 3. The first kappa shape index (κ1) is 14.7. The number of aliphatic hydroxyl groups is 1. The minimum absolute atomic E-state index is 0.0117. The van der Waals surface area contributed by atoms with E-state index in [0.717, 1.165) is 4.90 Å². The van der Waals surface area contributed by atoms with Crippen molar-refractivity contribution in [1.82, 2.24) is 0 Å². The van der Waals surface area contributed by atoms with Gasteiger partial charge < -0.3 is 20.8 Å². The van der Waals surface area contributed by atoms with E-state index in [1.165, 1.54) is 11.8 Å². The molecule has 100 valence electrons. The second kappa shape index (κ2) is 6.51. The van der Waals surface area contributed by atoms with E-state index in [2.05, 4.69) is 5.16 Å². The zero-order chi connectivity index (χ0) is 13.7. The Morgan fingerprint density at radius 1 is 1.44 bits per heavy atom. The van der Waals surface area contributed by atoms with Crippen molar-refractivity contribution < 1.29 is 15.1 Å². The molecule has 5 nitrogen and oxygen atoms in total. The largest absolute Gasteiger partial charge is 0.497 e. The Bertz CT molecular complexity index is 435. The summed E-state index contributed by atoms with van der Waals surface area (Å²) < 4.78 is 5.15. The van der Waals surface area contributed by atoms with Gasteiger partial charge in [-0.2, -0.15) is 0 Å². The zero-order valence-electron chi connectivity index (χ0n) is 10.6. The van der Waals surface area contributed by atoms with Crippen molar-refractivity contribution in [3.63, 3.8) is 0 Å². The molecule has 4 N–H and O–H groups in total. The maximum Gasteiger partial charge on any atom is 0.171 e. The number of ether oxygens (including phenoxy) is 1. The van der Waals surface area contributed by atoms with E-state index in [0.29, 0.717) is 11.3 Å². The van der Waals surface area contributed by atoms with Gasteiger partial charge in [0, 0.05) is 15.7 Å². The summed E-state index contributed by atoms with van der Waals surface area (Å²) in [5.41, 5.74) is 6.24. The van der Waals surface area contributed by atoms with Crippen molar-refractivity contribution in [3.8, 4) is 5.75 Å². The maximum atomic E-state index is 9.53. The Kier molecular flexibility index (Phi) is 5.30. The SMILES string of the molecule is COc1ccc(/C(N)=N/O)c(SC(C)C(C)O)c1. The maximum absolute atomic E-state index is 9.53. The Balaban J connectivity index is 3.12. The van der Waals surface area contributed by atoms with Crippen molar-refractivity contribution in [3.05, 3.63) is 23.8 Å². The zero-order valence-corrected chi connectivity index (χ0v) is 11.4. The monoisotopic (exact) mass is 270 g/mol. The molecule has 0 aliphatic heterocycles. The molecule has 0 fully saturated rings. The van der Waals surface area contributed by atoms with Crippen LogP contribution in [0.2, 0.25) is 0 Å². The smallest absolute Gasteiger partial charge is 0.171 e. The second-order valence-electron chi connectivity index (χ2n) is 3.91. The van der Waals surface area contributed by atoms with Gasteiger partial charge in [-0.25, -0.2) is 0 Å². The van der Waals surface area contributed by atoms with Crippen LogP contribution in [-0.2, 0) is 0 Å². The average Bonchev–Trinajstić information content (AvgIpc) is 2.37. The summed E-state index contributed by atoms with van der Waals surface area (Å²) in [6.07, 6.45) is -0.457. The van der Waals surface area contributed by atoms with Crippen LogP contribution in [0.5, 0.6) is 5.75 Å². The molecule has 1 aromatic carbocycles. The quantitative estimate of drug-likeness (QED) is 0.249. The fourth-order valence-corrected chi connectivity index (χ4v) is 2.37. The minimum atomic E-state index is -0.457. The fraction of sp³-hybridized carbons (Fsp3) is 0.417. The molecule has 2 unspecified atom stereocenters. The van der Waals surface area contributed by atoms with Crippen LogP contribution in [0.25, 0.3) is 0 Å². The number of oxime groups is 1. The lowest BCUT2D eigenvalue weighted by atomic mass is 10.2. The Morgan fingerprint density at radius 3 is 2.61 bits per heavy atom. The van der Waals surface area contributed by atoms with Gasteiger partial charge >= 0.3 is 0 Å². The Labute approximate surface area is 111 Å². The van der Waals surface area contributed by atoms with Crippen LogP contribution in [-0.4, -0.2) is 34.6 Å². The molecule has 6 heteroatoms. The summed E-state index contributed by atoms with van der Waals surface area (Å²) in [6, 6.07) is 5.27. The third-order valence-electron chi connectivity index (χ3n) is 2.56. The van der Waals surface area contributed by atoms with Crippen LogP contribution in [0.3, 0.4) is 0 Å². The second-order valence-corrected chi connectivity index (χ2v) is 5.33. The van der Waals surface area contributed by atoms with Gasteiger partial charge in [-0.15, -0.1) is 11.8 Å². The number of hydrogen-bond acceptors (Lipinski definition) is 5. The first-order valence-corrected chi connectivity index (χ1v) is 6.38. The van der Waals surface area contributed by atoms with Crippen LogP contribution >= 0.6 is 11.8 Å². The lowest BCUT2D eigenvalue weighted by molar-refractivity contribution is 0.196. The summed E-state index contributed by atoms with van der Waals surface area (Å²) in [6.45, 7) is 3.63. The first-order valence-electron chi connectivity index (χ1n) is 5.50. The summed E-state index contributed by atoms with van der Waals surface area (Å²) in [4.78, 5) is 0.804. The number of rotatable bonds is 5. The molecule has 0 spiro atoms. The molecular weight excluding hydrogens is 252 g/mol. The number of methoxy groups -OCH3 is 1. The first-order chi connectivity index (χ1) is 8.49. The minimum Gasteiger partial charge on any atom is -0.497 e. The van der Waals surface area contributed by atoms with Crippen LogP contribution in [0.1, 0.15) is 19.4 Å². The average molecular weight is 270 g/mol. The van der Waals surface area contributed by atoms with E-state index in [9.17, 15) is 5.11 Å². The molecule has 0 saturated carbocycles. The van der Waals surface area contributed by atoms with Gasteiger partial charge in [0.25, 0.3) is 0 Å². The molecule has 18 heavy (non-hydrogen) atoms. The number of amidine groups is 1. The van der Waals surface area contributed by atoms with Crippen molar-refractivity contribution in [1.29, 1.82) is 0 Å². The van der Waals surface area contributed by atoms with Gasteiger partial charge in [-0.1, -0.05) is 12.1 Å². The van der Waals surface area contributed by atoms with E-state index in [1.54, 1.807) is 32.2 Å². The summed E-state index contributed by atoms with van der Waals surface area (Å²) in [5, 5.41) is 21.3. The highest BCUT2D eigenvalue weighted by molar-refractivity contribution is 8.00. The molecule has 0 amide bonds. The van der Waals surface area contributed by atoms with Gasteiger partial charge in [0.2, 0.25) is 0 Å². The molecule has 1 aromatic rings. The standard InChI is InChI=1S/C12H18N2O3S/c1-7(15)8(2)18-11-6-9(17-3)4-5-10(11)12(13)14-16/h4-8,15-16H,1-3H3,(H2,13,14). The summed E-state index contributed by atoms with van der Waals surface area (Å²) >= 11 is 1.45. The third kappa shape index (κ3) is 3.54. The predicted molar refractivity (Wildman–Crippen MR) is 72.5 cm³/mol. The van der Waals surface area contributed by atoms with Crippen LogP contribution in [0.4, 0.5) is 0 Å². The molecule has 0 aliphatic carbocycles. The normalized spacial score (nSPS) is 15.2. The van der Waals surface area contributed by atoms with Gasteiger partial charge in [0.05, 0.1) is 13.2 Å². The molecule has 1 rings (SSSR count). The van der Waals surface area contributed by atoms with E-state index < -0.39 is 6.10 Å². The third-order valence-corrected chi connectivity index (χ3v) is 3.92. The number of aliphatic hydroxyl groups excluding tert-OH is 1. The van der Waals surface area contributed by atoms with Crippen LogP contribution < -0.4 is 10.5 Å². The number of benzene rings is 1. The van der Waals surface area contributed by atoms with Crippen molar-refractivity contribution in [2.24, 2.45) is 10.9 Å². The lowest BCUT2D eigenvalue weighted by Crippen LogP contribution is -2.18. The van der Waals surface area contributed by atoms with E-state index in [1.807, 2.05) is 6.92 Å². The molecule has 0 heterocycles. The number of thioether (sulfide) groups is 1. The van der Waals surface area contributed by atoms with Gasteiger partial charge in [-0.3, -0.25) is 0 Å². The molecule has 0 aliphatic rings. The number of nitrogens with zero attached hydrogens (tertiary/aromatic N) is 1. The molecule has 0 bridgehead atoms. The molecular formula is C12H18N2O3S. The Hall–Kier alpha value is -1.40. The molecule has 2 atom stereocenters. The highest BCUT2D eigenvalue weighted by atomic mass is 32.2. The molecule has 0 aromatic heterocycles. The van der Waals surface area contributed by atoms with Crippen LogP contribution in [0.15, 0.2) is 28.3 Å². The predicted octanol–water partition coefficient (Wildman–Crippen LogP) is 1.65. The topological polar surface area (TPSA) is 88.1 Å². The fourth-order valence-electron chi connectivity index (χ4n) is 1.29. The van der Waals surface area contributed by atoms with Gasteiger partial charge in [-0.05, 0) is 25.1 Å². The van der Waals surface area contributed by atoms with E-state index in [4.69, 9.17) is 15.7 Å².